The van der Waals surface area contributed by atoms with Gasteiger partial charge in [0.05, 0.1) is 18.1 Å². The first kappa shape index (κ1) is 14.4. The molecule has 1 heterocycles. The zero-order chi connectivity index (χ0) is 12.7. The summed E-state index contributed by atoms with van der Waals surface area (Å²) in [6, 6.07) is 0. The van der Waals surface area contributed by atoms with E-state index in [-0.39, 0.29) is 17.4 Å². The van der Waals surface area contributed by atoms with E-state index in [0.717, 1.165) is 25.9 Å². The number of nitrogens with one attached hydrogen (secondary N) is 2. The predicted molar refractivity (Wildman–Crippen MR) is 65.9 cm³/mol. The largest absolute Gasteiger partial charge is 0.384 e. The van der Waals surface area contributed by atoms with Gasteiger partial charge in [0.1, 0.15) is 0 Å². The number of amides is 1. The van der Waals surface area contributed by atoms with Crippen LogP contribution in [0.5, 0.6) is 0 Å². The number of hydrogen-bond acceptors (Lipinski definition) is 4. The molecule has 0 aromatic heterocycles. The number of hydrogen-bond donors (Lipinski definition) is 2. The number of carbonyl (C=O) groups excluding carboxylic acids is 1. The van der Waals surface area contributed by atoms with Gasteiger partial charge in [-0.1, -0.05) is 0 Å². The maximum Gasteiger partial charge on any atom is 0.228 e. The van der Waals surface area contributed by atoms with Crippen LogP contribution in [0, 0.1) is 5.41 Å². The van der Waals surface area contributed by atoms with Crippen molar-refractivity contribution in [2.45, 2.75) is 25.9 Å². The maximum absolute atomic E-state index is 12.3. The third-order valence-electron chi connectivity index (χ3n) is 3.42. The van der Waals surface area contributed by atoms with E-state index >= 15 is 0 Å². The highest BCUT2D eigenvalue weighted by atomic mass is 16.5. The van der Waals surface area contributed by atoms with E-state index in [1.165, 1.54) is 0 Å². The molecular formula is C12H24N2O3. The third-order valence-corrected chi connectivity index (χ3v) is 3.42. The first-order chi connectivity index (χ1) is 8.14. The van der Waals surface area contributed by atoms with Gasteiger partial charge in [-0.05, 0) is 32.9 Å². The molecule has 1 amide bonds. The molecule has 1 rings (SSSR count). The molecule has 0 aromatic rings. The van der Waals surface area contributed by atoms with Crippen molar-refractivity contribution in [1.29, 1.82) is 0 Å². The molecule has 1 atom stereocenters. The lowest BCUT2D eigenvalue weighted by atomic mass is 9.78. The van der Waals surface area contributed by atoms with Gasteiger partial charge < -0.3 is 20.1 Å². The summed E-state index contributed by atoms with van der Waals surface area (Å²) in [6.45, 7) is 4.72. The molecule has 2 N–H and O–H groups in total. The Labute approximate surface area is 103 Å². The van der Waals surface area contributed by atoms with Crippen molar-refractivity contribution in [2.75, 3.05) is 40.5 Å². The van der Waals surface area contributed by atoms with Crippen LogP contribution in [-0.2, 0) is 14.3 Å². The Morgan fingerprint density at radius 3 is 2.59 bits per heavy atom. The van der Waals surface area contributed by atoms with Gasteiger partial charge in [0.25, 0.3) is 0 Å². The molecule has 1 unspecified atom stereocenters. The standard InChI is InChI=1S/C12H24N2O3/c1-10(17-3)8-14-11(15)12(9-16-2)4-6-13-7-5-12/h10,13H,4-9H2,1-3H3,(H,14,15). The summed E-state index contributed by atoms with van der Waals surface area (Å²) in [4.78, 5) is 12.3. The fraction of sp³-hybridized carbons (Fsp3) is 0.917. The summed E-state index contributed by atoms with van der Waals surface area (Å²) >= 11 is 0. The molecular weight excluding hydrogens is 220 g/mol. The summed E-state index contributed by atoms with van der Waals surface area (Å²) < 4.78 is 10.3. The Balaban J connectivity index is 2.53. The Morgan fingerprint density at radius 2 is 2.06 bits per heavy atom. The van der Waals surface area contributed by atoms with E-state index in [0.29, 0.717) is 13.2 Å². The highest BCUT2D eigenvalue weighted by molar-refractivity contribution is 5.83. The molecule has 1 aliphatic rings. The van der Waals surface area contributed by atoms with E-state index in [4.69, 9.17) is 9.47 Å². The van der Waals surface area contributed by atoms with Gasteiger partial charge in [-0.15, -0.1) is 0 Å². The molecule has 0 aliphatic carbocycles. The van der Waals surface area contributed by atoms with Crippen molar-refractivity contribution >= 4 is 5.91 Å². The highest BCUT2D eigenvalue weighted by Crippen LogP contribution is 2.29. The minimum Gasteiger partial charge on any atom is -0.384 e. The minimum atomic E-state index is -0.368. The van der Waals surface area contributed by atoms with Crippen LogP contribution in [0.2, 0.25) is 0 Å². The van der Waals surface area contributed by atoms with Crippen LogP contribution in [0.3, 0.4) is 0 Å². The topological polar surface area (TPSA) is 59.6 Å². The first-order valence-corrected chi connectivity index (χ1v) is 6.15. The Bertz CT molecular complexity index is 234. The van der Waals surface area contributed by atoms with Crippen molar-refractivity contribution in [2.24, 2.45) is 5.41 Å². The lowest BCUT2D eigenvalue weighted by molar-refractivity contribution is -0.136. The zero-order valence-corrected chi connectivity index (χ0v) is 11.0. The second kappa shape index (κ2) is 6.93. The van der Waals surface area contributed by atoms with Gasteiger partial charge >= 0.3 is 0 Å². The Morgan fingerprint density at radius 1 is 1.41 bits per heavy atom. The number of piperidine rings is 1. The Hall–Kier alpha value is -0.650. The van der Waals surface area contributed by atoms with E-state index in [1.54, 1.807) is 14.2 Å². The van der Waals surface area contributed by atoms with E-state index < -0.39 is 0 Å². The van der Waals surface area contributed by atoms with Gasteiger partial charge in [-0.25, -0.2) is 0 Å². The summed E-state index contributed by atoms with van der Waals surface area (Å²) in [6.07, 6.45) is 1.70. The molecule has 1 saturated heterocycles. The van der Waals surface area contributed by atoms with Crippen LogP contribution in [-0.4, -0.2) is 52.5 Å². The number of rotatable bonds is 6. The van der Waals surface area contributed by atoms with Crippen LogP contribution in [0.25, 0.3) is 0 Å². The van der Waals surface area contributed by atoms with Crippen molar-refractivity contribution in [3.8, 4) is 0 Å². The van der Waals surface area contributed by atoms with E-state index in [9.17, 15) is 4.79 Å². The Kier molecular flexibility index (Phi) is 5.88. The normalized spacial score (nSPS) is 20.9. The molecule has 0 saturated carbocycles. The molecule has 0 aromatic carbocycles. The summed E-state index contributed by atoms with van der Waals surface area (Å²) in [7, 11) is 3.29. The van der Waals surface area contributed by atoms with Crippen LogP contribution in [0.1, 0.15) is 19.8 Å². The monoisotopic (exact) mass is 244 g/mol. The van der Waals surface area contributed by atoms with Crippen LogP contribution in [0.4, 0.5) is 0 Å². The summed E-state index contributed by atoms with van der Waals surface area (Å²) in [5.74, 6) is 0.0877. The van der Waals surface area contributed by atoms with Crippen molar-refractivity contribution in [1.82, 2.24) is 10.6 Å². The van der Waals surface area contributed by atoms with E-state index in [2.05, 4.69) is 10.6 Å². The van der Waals surface area contributed by atoms with Crippen molar-refractivity contribution < 1.29 is 14.3 Å². The molecule has 5 heteroatoms. The van der Waals surface area contributed by atoms with Crippen LogP contribution < -0.4 is 10.6 Å². The number of carbonyl (C=O) groups is 1. The number of ether oxygens (including phenoxy) is 2. The van der Waals surface area contributed by atoms with Gasteiger partial charge in [0.15, 0.2) is 0 Å². The molecule has 0 radical (unpaired) electrons. The molecule has 0 spiro atoms. The van der Waals surface area contributed by atoms with Crippen LogP contribution in [0.15, 0.2) is 0 Å². The minimum absolute atomic E-state index is 0.0419. The van der Waals surface area contributed by atoms with Crippen molar-refractivity contribution in [3.05, 3.63) is 0 Å². The lowest BCUT2D eigenvalue weighted by Crippen LogP contribution is -2.51. The van der Waals surface area contributed by atoms with E-state index in [1.807, 2.05) is 6.92 Å². The maximum atomic E-state index is 12.3. The second-order valence-corrected chi connectivity index (χ2v) is 4.72. The fourth-order valence-corrected chi connectivity index (χ4v) is 2.13. The molecule has 1 fully saturated rings. The fourth-order valence-electron chi connectivity index (χ4n) is 2.13. The molecule has 100 valence electrons. The van der Waals surface area contributed by atoms with Gasteiger partial charge in [0.2, 0.25) is 5.91 Å². The summed E-state index contributed by atoms with van der Waals surface area (Å²) in [5.41, 5.74) is -0.368. The third kappa shape index (κ3) is 3.94. The molecule has 0 bridgehead atoms. The van der Waals surface area contributed by atoms with Gasteiger partial charge in [-0.3, -0.25) is 4.79 Å². The average molecular weight is 244 g/mol. The van der Waals surface area contributed by atoms with Gasteiger partial charge in [0, 0.05) is 20.8 Å². The second-order valence-electron chi connectivity index (χ2n) is 4.72. The first-order valence-electron chi connectivity index (χ1n) is 6.15. The smallest absolute Gasteiger partial charge is 0.228 e. The SMILES string of the molecule is COCC1(C(=O)NCC(C)OC)CCNCC1. The van der Waals surface area contributed by atoms with Gasteiger partial charge in [-0.2, -0.15) is 0 Å². The van der Waals surface area contributed by atoms with Crippen LogP contribution >= 0.6 is 0 Å². The predicted octanol–water partition coefficient (Wildman–Crippen LogP) is 0.154. The molecule has 1 aliphatic heterocycles. The quantitative estimate of drug-likeness (QED) is 0.698. The highest BCUT2D eigenvalue weighted by Gasteiger charge is 2.39. The van der Waals surface area contributed by atoms with Crippen molar-refractivity contribution in [3.63, 3.8) is 0 Å². The lowest BCUT2D eigenvalue weighted by Gasteiger charge is -2.35. The summed E-state index contributed by atoms with van der Waals surface area (Å²) in [5, 5.41) is 6.23. The average Bonchev–Trinajstić information content (AvgIpc) is 2.36. The zero-order valence-electron chi connectivity index (χ0n) is 11.0. The molecule has 5 nitrogen and oxygen atoms in total. The molecule has 17 heavy (non-hydrogen) atoms. The number of methoxy groups -OCH3 is 2.